The number of carboxylic acid groups (broad SMARTS) is 1. The van der Waals surface area contributed by atoms with Gasteiger partial charge in [-0.15, -0.1) is 11.3 Å². The molecule has 118 valence electrons. The molecular formula is C12H17NO6S2. The van der Waals surface area contributed by atoms with Crippen LogP contribution in [0.15, 0.2) is 15.7 Å². The Labute approximate surface area is 126 Å². The second kappa shape index (κ2) is 6.84. The first-order valence-corrected chi connectivity index (χ1v) is 8.73. The number of thiophene rings is 1. The smallest absolute Gasteiger partial charge is 0.329 e. The van der Waals surface area contributed by atoms with Gasteiger partial charge in [0.2, 0.25) is 10.0 Å². The second-order valence-corrected chi connectivity index (χ2v) is 7.63. The van der Waals surface area contributed by atoms with E-state index in [4.69, 9.17) is 14.6 Å². The molecule has 1 aliphatic rings. The van der Waals surface area contributed by atoms with Gasteiger partial charge < -0.3 is 14.6 Å². The molecule has 2 rings (SSSR count). The standard InChI is InChI=1S/C12H17NO6S2/c1-8-4-12(20-7-8)21(16,17)13-9-2-3-18-5-10(9)19-6-11(14)15/h4,7,9-10,13H,2-3,5-6H2,1H3,(H,14,15)/t9-,10-/m1/s1. The highest BCUT2D eigenvalue weighted by atomic mass is 32.2. The van der Waals surface area contributed by atoms with E-state index in [0.717, 1.165) is 16.9 Å². The molecular weight excluding hydrogens is 318 g/mol. The fourth-order valence-corrected chi connectivity index (χ4v) is 4.54. The molecule has 9 heteroatoms. The average Bonchev–Trinajstić information content (AvgIpc) is 2.85. The summed E-state index contributed by atoms with van der Waals surface area (Å²) in [5.74, 6) is -1.10. The summed E-state index contributed by atoms with van der Waals surface area (Å²) >= 11 is 1.15. The molecule has 0 bridgehead atoms. The summed E-state index contributed by atoms with van der Waals surface area (Å²) in [6, 6.07) is 1.10. The summed E-state index contributed by atoms with van der Waals surface area (Å²) in [5, 5.41) is 10.4. The van der Waals surface area contributed by atoms with Crippen LogP contribution < -0.4 is 4.72 Å². The Kier molecular flexibility index (Phi) is 5.33. The topological polar surface area (TPSA) is 102 Å². The van der Waals surface area contributed by atoms with Crippen molar-refractivity contribution in [2.24, 2.45) is 0 Å². The number of ether oxygens (including phenoxy) is 2. The number of nitrogens with one attached hydrogen (secondary N) is 1. The Balaban J connectivity index is 2.06. The first-order chi connectivity index (χ1) is 9.88. The van der Waals surface area contributed by atoms with Crippen LogP contribution in [0.1, 0.15) is 12.0 Å². The van der Waals surface area contributed by atoms with Gasteiger partial charge in [0.1, 0.15) is 10.8 Å². The van der Waals surface area contributed by atoms with Gasteiger partial charge in [-0.2, -0.15) is 0 Å². The maximum Gasteiger partial charge on any atom is 0.329 e. The minimum atomic E-state index is -3.63. The van der Waals surface area contributed by atoms with Crippen molar-refractivity contribution in [2.75, 3.05) is 19.8 Å². The van der Waals surface area contributed by atoms with Gasteiger partial charge in [0.25, 0.3) is 0 Å². The highest BCUT2D eigenvalue weighted by Gasteiger charge is 2.31. The molecule has 1 aromatic rings. The summed E-state index contributed by atoms with van der Waals surface area (Å²) in [6.07, 6.45) is -0.167. The summed E-state index contributed by atoms with van der Waals surface area (Å²) < 4.78 is 37.8. The van der Waals surface area contributed by atoms with Crippen LogP contribution in [0.3, 0.4) is 0 Å². The Bertz CT molecular complexity index is 597. The Morgan fingerprint density at radius 1 is 1.62 bits per heavy atom. The number of aryl methyl sites for hydroxylation is 1. The molecule has 0 spiro atoms. The van der Waals surface area contributed by atoms with Gasteiger partial charge in [-0.25, -0.2) is 17.9 Å². The maximum absolute atomic E-state index is 12.3. The number of aliphatic carboxylic acids is 1. The predicted molar refractivity (Wildman–Crippen MR) is 76.0 cm³/mol. The molecule has 0 aromatic carbocycles. The number of hydrogen-bond donors (Lipinski definition) is 2. The average molecular weight is 335 g/mol. The van der Waals surface area contributed by atoms with E-state index in [9.17, 15) is 13.2 Å². The van der Waals surface area contributed by atoms with Crippen LogP contribution in [-0.2, 0) is 24.3 Å². The van der Waals surface area contributed by atoms with Crippen LogP contribution >= 0.6 is 11.3 Å². The zero-order valence-corrected chi connectivity index (χ0v) is 13.1. The number of carbonyl (C=O) groups is 1. The molecule has 0 unspecified atom stereocenters. The van der Waals surface area contributed by atoms with Crippen molar-refractivity contribution in [3.05, 3.63) is 17.0 Å². The zero-order valence-electron chi connectivity index (χ0n) is 11.4. The van der Waals surface area contributed by atoms with Gasteiger partial charge in [-0.05, 0) is 30.4 Å². The fourth-order valence-electron chi connectivity index (χ4n) is 1.99. The van der Waals surface area contributed by atoms with Crippen molar-refractivity contribution < 1.29 is 27.8 Å². The molecule has 21 heavy (non-hydrogen) atoms. The third-order valence-electron chi connectivity index (χ3n) is 3.00. The molecule has 0 amide bonds. The minimum Gasteiger partial charge on any atom is -0.480 e. The van der Waals surface area contributed by atoms with Crippen LogP contribution in [0.25, 0.3) is 0 Å². The molecule has 0 saturated carbocycles. The van der Waals surface area contributed by atoms with Crippen molar-refractivity contribution in [1.82, 2.24) is 4.72 Å². The number of sulfonamides is 1. The zero-order chi connectivity index (χ0) is 15.5. The number of hydrogen-bond acceptors (Lipinski definition) is 6. The fraction of sp³-hybridized carbons (Fsp3) is 0.583. The summed E-state index contributed by atoms with van der Waals surface area (Å²) in [6.45, 7) is 1.92. The van der Waals surface area contributed by atoms with Crippen LogP contribution in [0.2, 0.25) is 0 Å². The normalized spacial score (nSPS) is 23.1. The van der Waals surface area contributed by atoms with Crippen molar-refractivity contribution in [3.8, 4) is 0 Å². The largest absolute Gasteiger partial charge is 0.480 e. The summed E-state index contributed by atoms with van der Waals surface area (Å²) in [7, 11) is -3.63. The second-order valence-electron chi connectivity index (χ2n) is 4.78. The van der Waals surface area contributed by atoms with Crippen LogP contribution in [0.4, 0.5) is 0 Å². The lowest BCUT2D eigenvalue weighted by molar-refractivity contribution is -0.148. The van der Waals surface area contributed by atoms with Crippen molar-refractivity contribution >= 4 is 27.3 Å². The highest BCUT2D eigenvalue weighted by molar-refractivity contribution is 7.91. The molecule has 1 aromatic heterocycles. The molecule has 1 fully saturated rings. The lowest BCUT2D eigenvalue weighted by atomic mass is 10.1. The number of carboxylic acids is 1. The van der Waals surface area contributed by atoms with Gasteiger partial charge in [-0.1, -0.05) is 0 Å². The van der Waals surface area contributed by atoms with Gasteiger partial charge >= 0.3 is 5.97 Å². The Morgan fingerprint density at radius 2 is 2.38 bits per heavy atom. The number of rotatable bonds is 6. The van der Waals surface area contributed by atoms with E-state index in [1.807, 2.05) is 6.92 Å². The molecule has 1 aliphatic heterocycles. The van der Waals surface area contributed by atoms with E-state index in [1.54, 1.807) is 11.4 Å². The van der Waals surface area contributed by atoms with Crippen LogP contribution in [0, 0.1) is 6.92 Å². The third-order valence-corrected chi connectivity index (χ3v) is 6.05. The molecule has 2 N–H and O–H groups in total. The lowest BCUT2D eigenvalue weighted by Gasteiger charge is -2.31. The lowest BCUT2D eigenvalue weighted by Crippen LogP contribution is -2.50. The third kappa shape index (κ3) is 4.48. The first-order valence-electron chi connectivity index (χ1n) is 6.37. The quantitative estimate of drug-likeness (QED) is 0.789. The Hall–Kier alpha value is -1.00. The van der Waals surface area contributed by atoms with Crippen LogP contribution in [-0.4, -0.2) is 51.5 Å². The predicted octanol–water partition coefficient (Wildman–Crippen LogP) is 0.594. The van der Waals surface area contributed by atoms with Gasteiger partial charge in [-0.3, -0.25) is 0 Å². The van der Waals surface area contributed by atoms with Gasteiger partial charge in [0.15, 0.2) is 0 Å². The molecule has 2 atom stereocenters. The molecule has 7 nitrogen and oxygen atoms in total. The SMILES string of the molecule is Cc1csc(S(=O)(=O)N[C@@H]2CCOC[C@H]2OCC(=O)O)c1. The highest BCUT2D eigenvalue weighted by Crippen LogP contribution is 2.21. The van der Waals surface area contributed by atoms with E-state index in [1.165, 1.54) is 0 Å². The van der Waals surface area contributed by atoms with E-state index >= 15 is 0 Å². The van der Waals surface area contributed by atoms with E-state index < -0.39 is 34.7 Å². The molecule has 2 heterocycles. The first kappa shape index (κ1) is 16.4. The van der Waals surface area contributed by atoms with E-state index in [0.29, 0.717) is 13.0 Å². The minimum absolute atomic E-state index is 0.171. The molecule has 0 radical (unpaired) electrons. The van der Waals surface area contributed by atoms with Crippen molar-refractivity contribution in [1.29, 1.82) is 0 Å². The van der Waals surface area contributed by atoms with E-state index in [2.05, 4.69) is 4.72 Å². The summed E-state index contributed by atoms with van der Waals surface area (Å²) in [4.78, 5) is 10.6. The maximum atomic E-state index is 12.3. The van der Waals surface area contributed by atoms with Crippen molar-refractivity contribution in [3.63, 3.8) is 0 Å². The van der Waals surface area contributed by atoms with E-state index in [-0.39, 0.29) is 10.8 Å². The summed E-state index contributed by atoms with van der Waals surface area (Å²) in [5.41, 5.74) is 0.881. The van der Waals surface area contributed by atoms with Gasteiger partial charge in [0, 0.05) is 6.61 Å². The van der Waals surface area contributed by atoms with Crippen molar-refractivity contribution in [2.45, 2.75) is 29.7 Å². The Morgan fingerprint density at radius 3 is 3.00 bits per heavy atom. The van der Waals surface area contributed by atoms with Gasteiger partial charge in [0.05, 0.1) is 18.8 Å². The van der Waals surface area contributed by atoms with Crippen LogP contribution in [0.5, 0.6) is 0 Å². The monoisotopic (exact) mass is 335 g/mol. The molecule has 1 saturated heterocycles. The molecule has 0 aliphatic carbocycles.